The highest BCUT2D eigenvalue weighted by Gasteiger charge is 2.13. The van der Waals surface area contributed by atoms with Crippen molar-refractivity contribution in [3.8, 4) is 0 Å². The minimum Gasteiger partial charge on any atom is -0.330 e. The van der Waals surface area contributed by atoms with Gasteiger partial charge in [-0.05, 0) is 13.0 Å². The molecule has 0 aromatic carbocycles. The maximum absolute atomic E-state index is 11.2. The van der Waals surface area contributed by atoms with E-state index in [2.05, 4.69) is 9.97 Å². The zero-order valence-corrected chi connectivity index (χ0v) is 8.08. The monoisotopic (exact) mass is 201 g/mol. The van der Waals surface area contributed by atoms with Crippen molar-refractivity contribution in [3.05, 3.63) is 18.1 Å². The molecule has 1 heterocycles. The van der Waals surface area contributed by atoms with E-state index in [0.717, 1.165) is 6.26 Å². The lowest BCUT2D eigenvalue weighted by Crippen LogP contribution is -2.10. The summed E-state index contributed by atoms with van der Waals surface area (Å²) in [4.78, 5) is 7.46. The van der Waals surface area contributed by atoms with Gasteiger partial charge in [-0.15, -0.1) is 0 Å². The van der Waals surface area contributed by atoms with Gasteiger partial charge in [-0.1, -0.05) is 0 Å². The Morgan fingerprint density at radius 1 is 1.54 bits per heavy atom. The van der Waals surface area contributed by atoms with Crippen LogP contribution < -0.4 is 5.73 Å². The maximum Gasteiger partial charge on any atom is 0.193 e. The van der Waals surface area contributed by atoms with Crippen LogP contribution in [-0.2, 0) is 16.3 Å². The fourth-order valence-corrected chi connectivity index (χ4v) is 1.88. The number of hydrogen-bond acceptors (Lipinski definition) is 5. The Kier molecular flexibility index (Phi) is 2.94. The van der Waals surface area contributed by atoms with Crippen LogP contribution in [0.5, 0.6) is 0 Å². The lowest BCUT2D eigenvalue weighted by atomic mass is 10.2. The largest absolute Gasteiger partial charge is 0.330 e. The summed E-state index contributed by atoms with van der Waals surface area (Å²) in [5, 5.41) is 0.0768. The summed E-state index contributed by atoms with van der Waals surface area (Å²) in [6.45, 7) is 0.385. The second kappa shape index (κ2) is 3.80. The van der Waals surface area contributed by atoms with E-state index in [0.29, 0.717) is 18.5 Å². The van der Waals surface area contributed by atoms with E-state index in [-0.39, 0.29) is 5.03 Å². The van der Waals surface area contributed by atoms with E-state index >= 15 is 0 Å². The standard InChI is InChI=1S/C7H11N3O2S/c1-13(11,12)7-6(2-3-8)4-9-5-10-7/h4-5H,2-3,8H2,1H3. The normalized spacial score (nSPS) is 11.5. The molecule has 0 fully saturated rings. The molecule has 0 radical (unpaired) electrons. The van der Waals surface area contributed by atoms with E-state index in [4.69, 9.17) is 5.73 Å². The van der Waals surface area contributed by atoms with Crippen LogP contribution in [0.1, 0.15) is 5.56 Å². The molecule has 0 aliphatic carbocycles. The number of rotatable bonds is 3. The lowest BCUT2D eigenvalue weighted by molar-refractivity contribution is 0.596. The van der Waals surface area contributed by atoms with Crippen LogP contribution in [0.3, 0.4) is 0 Å². The fourth-order valence-electron chi connectivity index (χ4n) is 1.01. The van der Waals surface area contributed by atoms with Gasteiger partial charge in [0.15, 0.2) is 14.9 Å². The second-order valence-corrected chi connectivity index (χ2v) is 4.60. The third-order valence-electron chi connectivity index (χ3n) is 1.51. The average molecular weight is 201 g/mol. The van der Waals surface area contributed by atoms with E-state index in [1.807, 2.05) is 0 Å². The zero-order chi connectivity index (χ0) is 9.90. The van der Waals surface area contributed by atoms with E-state index in [1.54, 1.807) is 0 Å². The van der Waals surface area contributed by atoms with E-state index < -0.39 is 9.84 Å². The molecule has 0 saturated carbocycles. The third kappa shape index (κ3) is 2.46. The van der Waals surface area contributed by atoms with Crippen molar-refractivity contribution in [1.29, 1.82) is 0 Å². The Labute approximate surface area is 76.9 Å². The third-order valence-corrected chi connectivity index (χ3v) is 2.58. The number of aromatic nitrogens is 2. The fraction of sp³-hybridized carbons (Fsp3) is 0.429. The van der Waals surface area contributed by atoms with Gasteiger partial charge in [0.05, 0.1) is 0 Å². The van der Waals surface area contributed by atoms with Crippen LogP contribution in [0.4, 0.5) is 0 Å². The van der Waals surface area contributed by atoms with Gasteiger partial charge in [0, 0.05) is 18.0 Å². The van der Waals surface area contributed by atoms with Crippen molar-refractivity contribution < 1.29 is 8.42 Å². The first kappa shape index (κ1) is 10.1. The molecule has 0 bridgehead atoms. The summed E-state index contributed by atoms with van der Waals surface area (Å²) in [6, 6.07) is 0. The van der Waals surface area contributed by atoms with Crippen LogP contribution in [0.15, 0.2) is 17.6 Å². The molecule has 0 aliphatic heterocycles. The van der Waals surface area contributed by atoms with Crippen molar-refractivity contribution in [2.24, 2.45) is 5.73 Å². The highest BCUT2D eigenvalue weighted by atomic mass is 32.2. The molecule has 0 amide bonds. The first-order valence-electron chi connectivity index (χ1n) is 3.74. The summed E-state index contributed by atoms with van der Waals surface area (Å²) in [5.74, 6) is 0. The Balaban J connectivity index is 3.20. The van der Waals surface area contributed by atoms with Crippen LogP contribution >= 0.6 is 0 Å². The van der Waals surface area contributed by atoms with Crippen molar-refractivity contribution >= 4 is 9.84 Å². The Hall–Kier alpha value is -1.01. The van der Waals surface area contributed by atoms with Crippen LogP contribution in [-0.4, -0.2) is 31.2 Å². The van der Waals surface area contributed by atoms with Crippen molar-refractivity contribution in [3.63, 3.8) is 0 Å². The predicted molar refractivity (Wildman–Crippen MR) is 47.9 cm³/mol. The zero-order valence-electron chi connectivity index (χ0n) is 7.27. The van der Waals surface area contributed by atoms with Crippen LogP contribution in [0, 0.1) is 0 Å². The molecule has 0 aliphatic rings. The molecule has 2 N–H and O–H groups in total. The first-order chi connectivity index (χ1) is 6.05. The predicted octanol–water partition coefficient (Wildman–Crippen LogP) is -0.619. The molecule has 6 heteroatoms. The number of sulfone groups is 1. The Morgan fingerprint density at radius 3 is 2.77 bits per heavy atom. The molecule has 0 saturated heterocycles. The van der Waals surface area contributed by atoms with Gasteiger partial charge in [0.2, 0.25) is 0 Å². The van der Waals surface area contributed by atoms with Crippen molar-refractivity contribution in [1.82, 2.24) is 9.97 Å². The minimum absolute atomic E-state index is 0.0768. The van der Waals surface area contributed by atoms with Gasteiger partial charge in [-0.2, -0.15) is 0 Å². The molecule has 1 rings (SSSR count). The summed E-state index contributed by atoms with van der Waals surface area (Å²) in [6.07, 6.45) is 4.30. The van der Waals surface area contributed by atoms with E-state index in [9.17, 15) is 8.42 Å². The highest BCUT2D eigenvalue weighted by Crippen LogP contribution is 2.10. The average Bonchev–Trinajstić information content (AvgIpc) is 2.04. The van der Waals surface area contributed by atoms with Crippen molar-refractivity contribution in [2.45, 2.75) is 11.4 Å². The SMILES string of the molecule is CS(=O)(=O)c1ncncc1CCN. The molecule has 72 valence electrons. The lowest BCUT2D eigenvalue weighted by Gasteiger charge is -2.03. The second-order valence-electron chi connectivity index (χ2n) is 2.66. The van der Waals surface area contributed by atoms with Gasteiger partial charge >= 0.3 is 0 Å². The summed E-state index contributed by atoms with van der Waals surface area (Å²) >= 11 is 0. The summed E-state index contributed by atoms with van der Waals surface area (Å²) < 4.78 is 22.4. The molecule has 0 spiro atoms. The maximum atomic E-state index is 11.2. The summed E-state index contributed by atoms with van der Waals surface area (Å²) in [7, 11) is -3.26. The van der Waals surface area contributed by atoms with Crippen LogP contribution in [0.2, 0.25) is 0 Å². The Morgan fingerprint density at radius 2 is 2.23 bits per heavy atom. The smallest absolute Gasteiger partial charge is 0.193 e. The number of hydrogen-bond donors (Lipinski definition) is 1. The first-order valence-corrected chi connectivity index (χ1v) is 5.64. The van der Waals surface area contributed by atoms with Gasteiger partial charge in [0.1, 0.15) is 6.33 Å². The Bertz CT molecular complexity index is 388. The molecule has 1 aromatic rings. The molecule has 0 atom stereocenters. The van der Waals surface area contributed by atoms with Gasteiger partial charge in [-0.25, -0.2) is 18.4 Å². The number of nitrogens with two attached hydrogens (primary N) is 1. The van der Waals surface area contributed by atoms with Gasteiger partial charge in [0.25, 0.3) is 0 Å². The quantitative estimate of drug-likeness (QED) is 0.659. The molecular weight excluding hydrogens is 190 g/mol. The van der Waals surface area contributed by atoms with Gasteiger partial charge in [-0.3, -0.25) is 0 Å². The molecule has 0 unspecified atom stereocenters. The topological polar surface area (TPSA) is 85.9 Å². The highest BCUT2D eigenvalue weighted by molar-refractivity contribution is 7.90. The minimum atomic E-state index is -3.26. The molecule has 13 heavy (non-hydrogen) atoms. The van der Waals surface area contributed by atoms with Crippen molar-refractivity contribution in [2.75, 3.05) is 12.8 Å². The summed E-state index contributed by atoms with van der Waals surface area (Å²) in [5.41, 5.74) is 5.90. The number of nitrogens with zero attached hydrogens (tertiary/aromatic N) is 2. The van der Waals surface area contributed by atoms with Gasteiger partial charge < -0.3 is 5.73 Å². The van der Waals surface area contributed by atoms with Crippen LogP contribution in [0.25, 0.3) is 0 Å². The molecule has 1 aromatic heterocycles. The molecule has 5 nitrogen and oxygen atoms in total. The van der Waals surface area contributed by atoms with E-state index in [1.165, 1.54) is 12.5 Å². The molecular formula is C7H11N3O2S.